The summed E-state index contributed by atoms with van der Waals surface area (Å²) < 4.78 is 0. The Morgan fingerprint density at radius 3 is 2.80 bits per heavy atom. The van der Waals surface area contributed by atoms with Crippen LogP contribution in [0.15, 0.2) is 43.2 Å². The average Bonchev–Trinajstić information content (AvgIpc) is 2.78. The van der Waals surface area contributed by atoms with E-state index in [0.29, 0.717) is 0 Å². The van der Waals surface area contributed by atoms with Gasteiger partial charge in [0.25, 0.3) is 0 Å². The molecule has 0 amide bonds. The molecule has 0 saturated carbocycles. The molecule has 72 valence electrons. The third-order valence-corrected chi connectivity index (χ3v) is 2.33. The first kappa shape index (κ1) is 8.11. The van der Waals surface area contributed by atoms with Crippen molar-refractivity contribution in [3.63, 3.8) is 0 Å². The molecule has 3 aromatic rings. The molecule has 0 bridgehead atoms. The van der Waals surface area contributed by atoms with Crippen molar-refractivity contribution in [3.05, 3.63) is 43.2 Å². The molecule has 3 aromatic heterocycles. The normalized spacial score (nSPS) is 10.7. The van der Waals surface area contributed by atoms with E-state index in [1.54, 1.807) is 18.6 Å². The minimum absolute atomic E-state index is 0.886. The van der Waals surface area contributed by atoms with E-state index in [-0.39, 0.29) is 0 Å². The minimum atomic E-state index is 0.886. The predicted octanol–water partition coefficient (Wildman–Crippen LogP) is 2.02. The highest BCUT2D eigenvalue weighted by molar-refractivity contribution is 5.92. The first-order valence-corrected chi connectivity index (χ1v) is 4.62. The predicted molar refractivity (Wildman–Crippen MR) is 57.1 cm³/mol. The van der Waals surface area contributed by atoms with Crippen LogP contribution in [-0.4, -0.2) is 19.9 Å². The highest BCUT2D eigenvalue weighted by Crippen LogP contribution is 2.25. The summed E-state index contributed by atoms with van der Waals surface area (Å²) in [6.07, 6.45) is 8.79. The average molecular weight is 196 g/mol. The van der Waals surface area contributed by atoms with E-state index >= 15 is 0 Å². The van der Waals surface area contributed by atoms with Gasteiger partial charge in [0.2, 0.25) is 0 Å². The third-order valence-electron chi connectivity index (χ3n) is 2.33. The molecule has 0 aromatic carbocycles. The van der Waals surface area contributed by atoms with Crippen LogP contribution in [0.25, 0.3) is 22.2 Å². The van der Waals surface area contributed by atoms with Gasteiger partial charge in [-0.15, -0.1) is 0 Å². The Labute approximate surface area is 86.0 Å². The van der Waals surface area contributed by atoms with Crippen LogP contribution in [0.1, 0.15) is 0 Å². The van der Waals surface area contributed by atoms with E-state index in [1.807, 2.05) is 18.3 Å². The Morgan fingerprint density at radius 1 is 1.07 bits per heavy atom. The molecule has 0 atom stereocenters. The van der Waals surface area contributed by atoms with Crippen LogP contribution in [0.2, 0.25) is 0 Å². The number of aromatic nitrogens is 4. The number of nitrogens with zero attached hydrogens (tertiary/aromatic N) is 3. The molecule has 0 saturated heterocycles. The molecule has 0 unspecified atom stereocenters. The second kappa shape index (κ2) is 3.16. The van der Waals surface area contributed by atoms with Gasteiger partial charge in [0.05, 0.1) is 0 Å². The summed E-state index contributed by atoms with van der Waals surface area (Å²) in [5.41, 5.74) is 2.99. The van der Waals surface area contributed by atoms with Crippen LogP contribution in [0, 0.1) is 0 Å². The molecule has 0 radical (unpaired) electrons. The summed E-state index contributed by atoms with van der Waals surface area (Å²) in [4.78, 5) is 15.3. The number of fused-ring (bicyclic) bond motifs is 1. The fourth-order valence-electron chi connectivity index (χ4n) is 1.65. The van der Waals surface area contributed by atoms with Gasteiger partial charge < -0.3 is 4.98 Å². The van der Waals surface area contributed by atoms with Crippen LogP contribution in [0.5, 0.6) is 0 Å². The molecule has 4 nitrogen and oxygen atoms in total. The summed E-state index contributed by atoms with van der Waals surface area (Å²) >= 11 is 0. The Kier molecular flexibility index (Phi) is 1.71. The van der Waals surface area contributed by atoms with E-state index in [9.17, 15) is 0 Å². The zero-order valence-corrected chi connectivity index (χ0v) is 7.88. The lowest BCUT2D eigenvalue weighted by Gasteiger charge is -2.00. The van der Waals surface area contributed by atoms with Gasteiger partial charge in [-0.1, -0.05) is 0 Å². The molecule has 0 aliphatic carbocycles. The summed E-state index contributed by atoms with van der Waals surface area (Å²) in [7, 11) is 0. The van der Waals surface area contributed by atoms with Gasteiger partial charge in [0.15, 0.2) is 0 Å². The van der Waals surface area contributed by atoms with Crippen molar-refractivity contribution in [2.75, 3.05) is 0 Å². The molecule has 4 heteroatoms. The van der Waals surface area contributed by atoms with Crippen LogP contribution >= 0.6 is 0 Å². The Hall–Kier alpha value is -2.23. The fourth-order valence-corrected chi connectivity index (χ4v) is 1.65. The maximum Gasteiger partial charge on any atom is 0.137 e. The van der Waals surface area contributed by atoms with E-state index in [0.717, 1.165) is 22.2 Å². The van der Waals surface area contributed by atoms with Crippen LogP contribution in [0.3, 0.4) is 0 Å². The molecule has 0 aliphatic heterocycles. The molecular weight excluding hydrogens is 188 g/mol. The molecule has 0 aliphatic rings. The maximum absolute atomic E-state index is 4.23. The molecule has 3 rings (SSSR count). The smallest absolute Gasteiger partial charge is 0.137 e. The number of hydrogen-bond acceptors (Lipinski definition) is 3. The Morgan fingerprint density at radius 2 is 1.93 bits per heavy atom. The lowest BCUT2D eigenvalue weighted by atomic mass is 10.1. The number of pyridine rings is 1. The minimum Gasteiger partial charge on any atom is -0.346 e. The zero-order chi connectivity index (χ0) is 10.1. The van der Waals surface area contributed by atoms with Crippen molar-refractivity contribution >= 4 is 11.0 Å². The van der Waals surface area contributed by atoms with Crippen LogP contribution < -0.4 is 0 Å². The van der Waals surface area contributed by atoms with Gasteiger partial charge in [-0.2, -0.15) is 0 Å². The van der Waals surface area contributed by atoms with Crippen molar-refractivity contribution in [2.24, 2.45) is 0 Å². The Bertz CT molecular complexity index is 586. The highest BCUT2D eigenvalue weighted by Gasteiger charge is 2.04. The maximum atomic E-state index is 4.23. The van der Waals surface area contributed by atoms with Crippen LogP contribution in [0.4, 0.5) is 0 Å². The lowest BCUT2D eigenvalue weighted by Crippen LogP contribution is -1.84. The van der Waals surface area contributed by atoms with Crippen molar-refractivity contribution in [1.29, 1.82) is 0 Å². The van der Waals surface area contributed by atoms with Crippen molar-refractivity contribution < 1.29 is 0 Å². The summed E-state index contributed by atoms with van der Waals surface area (Å²) in [5, 5.41) is 1.09. The molecule has 0 spiro atoms. The van der Waals surface area contributed by atoms with Gasteiger partial charge in [0, 0.05) is 35.7 Å². The quantitative estimate of drug-likeness (QED) is 0.647. The number of aromatic amines is 1. The van der Waals surface area contributed by atoms with Crippen LogP contribution in [-0.2, 0) is 0 Å². The molecule has 15 heavy (non-hydrogen) atoms. The standard InChI is InChI=1S/C11H8N4/c1-3-14-11-10(2-4-15-11)9(1)8-5-12-7-13-6-8/h1-7H,(H,14,15). The number of H-pyrrole nitrogens is 1. The molecule has 3 heterocycles. The first-order valence-electron chi connectivity index (χ1n) is 4.62. The second-order valence-corrected chi connectivity index (χ2v) is 3.23. The van der Waals surface area contributed by atoms with E-state index in [2.05, 4.69) is 19.9 Å². The van der Waals surface area contributed by atoms with E-state index in [1.165, 1.54) is 6.33 Å². The highest BCUT2D eigenvalue weighted by atomic mass is 14.8. The third kappa shape index (κ3) is 1.27. The van der Waals surface area contributed by atoms with Crippen molar-refractivity contribution in [3.8, 4) is 11.1 Å². The fraction of sp³-hybridized carbons (Fsp3) is 0. The summed E-state index contributed by atoms with van der Waals surface area (Å²) in [6.45, 7) is 0. The number of hydrogen-bond donors (Lipinski definition) is 1. The van der Waals surface area contributed by atoms with Gasteiger partial charge in [0.1, 0.15) is 12.0 Å². The van der Waals surface area contributed by atoms with Gasteiger partial charge in [-0.05, 0) is 17.7 Å². The molecular formula is C11H8N4. The monoisotopic (exact) mass is 196 g/mol. The summed E-state index contributed by atoms with van der Waals surface area (Å²) in [6, 6.07) is 3.97. The summed E-state index contributed by atoms with van der Waals surface area (Å²) in [5.74, 6) is 0. The topological polar surface area (TPSA) is 54.5 Å². The lowest BCUT2D eigenvalue weighted by molar-refractivity contribution is 1.17. The Balaban J connectivity index is 2.31. The van der Waals surface area contributed by atoms with E-state index < -0.39 is 0 Å². The molecule has 1 N–H and O–H groups in total. The van der Waals surface area contributed by atoms with Gasteiger partial charge in [-0.3, -0.25) is 0 Å². The SMILES string of the molecule is c1ncc(-c2ccnc3[nH]ccc23)cn1. The molecule has 0 fully saturated rings. The van der Waals surface area contributed by atoms with Gasteiger partial charge >= 0.3 is 0 Å². The van der Waals surface area contributed by atoms with Gasteiger partial charge in [-0.25, -0.2) is 15.0 Å². The first-order chi connectivity index (χ1) is 7.45. The van der Waals surface area contributed by atoms with E-state index in [4.69, 9.17) is 0 Å². The number of nitrogens with one attached hydrogen (secondary N) is 1. The second-order valence-electron chi connectivity index (χ2n) is 3.23. The largest absolute Gasteiger partial charge is 0.346 e. The van der Waals surface area contributed by atoms with Crippen molar-refractivity contribution in [2.45, 2.75) is 0 Å². The zero-order valence-electron chi connectivity index (χ0n) is 7.88. The number of rotatable bonds is 1. The van der Waals surface area contributed by atoms with Crippen molar-refractivity contribution in [1.82, 2.24) is 19.9 Å².